The summed E-state index contributed by atoms with van der Waals surface area (Å²) >= 11 is 0. The van der Waals surface area contributed by atoms with Gasteiger partial charge >= 0.3 is 0 Å². The summed E-state index contributed by atoms with van der Waals surface area (Å²) in [6, 6.07) is 14.8. The topological polar surface area (TPSA) is 70.6 Å². The molecule has 1 atom stereocenters. The van der Waals surface area contributed by atoms with E-state index in [1.807, 2.05) is 37.3 Å². The van der Waals surface area contributed by atoms with Gasteiger partial charge < -0.3 is 5.32 Å². The molecule has 0 bridgehead atoms. The number of allylic oxidation sites excluding steroid dienone is 2. The molecular weight excluding hydrogens is 381 g/mol. The molecule has 30 heavy (non-hydrogen) atoms. The second-order valence-electron chi connectivity index (χ2n) is 7.85. The lowest BCUT2D eigenvalue weighted by atomic mass is 9.90. The molecule has 1 unspecified atom stereocenters. The zero-order chi connectivity index (χ0) is 21.1. The predicted molar refractivity (Wildman–Crippen MR) is 115 cm³/mol. The number of ketones is 1. The molecule has 0 spiro atoms. The number of benzene rings is 2. The largest absolute Gasteiger partial charge is 0.358 e. The first-order valence-electron chi connectivity index (χ1n) is 10.2. The van der Waals surface area contributed by atoms with Gasteiger partial charge in [0, 0.05) is 47.7 Å². The number of hydrogen-bond acceptors (Lipinski definition) is 4. The van der Waals surface area contributed by atoms with E-state index < -0.39 is 5.82 Å². The molecule has 5 nitrogen and oxygen atoms in total. The third-order valence-corrected chi connectivity index (χ3v) is 5.55. The number of hydrazone groups is 1. The van der Waals surface area contributed by atoms with Crippen LogP contribution in [0.3, 0.4) is 0 Å². The van der Waals surface area contributed by atoms with Crippen molar-refractivity contribution in [2.45, 2.75) is 39.0 Å². The quantitative estimate of drug-likeness (QED) is 0.777. The Morgan fingerprint density at radius 1 is 1.13 bits per heavy atom. The van der Waals surface area contributed by atoms with Crippen LogP contribution in [0, 0.1) is 11.7 Å². The van der Waals surface area contributed by atoms with Gasteiger partial charge in [-0.3, -0.25) is 9.59 Å². The summed E-state index contributed by atoms with van der Waals surface area (Å²) < 4.78 is 14.9. The molecule has 1 aliphatic heterocycles. The fraction of sp³-hybridized carbons (Fsp3) is 0.292. The van der Waals surface area contributed by atoms with Crippen LogP contribution in [0.2, 0.25) is 0 Å². The molecule has 1 amide bonds. The fourth-order valence-corrected chi connectivity index (χ4v) is 3.99. The number of Topliss-reactive ketones (excluding diaryl/α,β-unsaturated/α-hetero) is 1. The highest BCUT2D eigenvalue weighted by atomic mass is 19.1. The molecule has 2 aromatic rings. The summed E-state index contributed by atoms with van der Waals surface area (Å²) in [7, 11) is 0. The molecule has 0 saturated carbocycles. The second kappa shape index (κ2) is 8.61. The molecule has 2 aliphatic rings. The maximum atomic E-state index is 14.9. The standard InChI is InChI=1S/C24H24FN3O2/c1-15-12-23(30)27-28-24(15)18-11-10-17(14-20(18)25)26-21-8-5-9-22(29)19(21)13-16-6-3-2-4-7-16/h2-4,6-7,10-11,14-15,26H,5,8-9,12-13H2,1H3,(H,27,30). The van der Waals surface area contributed by atoms with Crippen LogP contribution in [0.1, 0.15) is 43.7 Å². The first-order valence-corrected chi connectivity index (χ1v) is 10.2. The summed E-state index contributed by atoms with van der Waals surface area (Å²) in [6.45, 7) is 1.86. The Hall–Kier alpha value is -3.28. The van der Waals surface area contributed by atoms with Crippen molar-refractivity contribution >= 4 is 23.1 Å². The van der Waals surface area contributed by atoms with E-state index in [1.165, 1.54) is 6.07 Å². The molecule has 2 aromatic carbocycles. The third kappa shape index (κ3) is 4.32. The number of anilines is 1. The van der Waals surface area contributed by atoms with E-state index in [4.69, 9.17) is 0 Å². The normalized spacial score (nSPS) is 19.4. The van der Waals surface area contributed by atoms with E-state index in [0.717, 1.165) is 29.7 Å². The molecule has 1 heterocycles. The van der Waals surface area contributed by atoms with Crippen molar-refractivity contribution in [3.63, 3.8) is 0 Å². The van der Waals surface area contributed by atoms with Gasteiger partial charge in [-0.2, -0.15) is 5.10 Å². The molecule has 0 fully saturated rings. The van der Waals surface area contributed by atoms with Gasteiger partial charge in [0.25, 0.3) is 0 Å². The summed E-state index contributed by atoms with van der Waals surface area (Å²) in [6.07, 6.45) is 2.94. The Morgan fingerprint density at radius 3 is 2.67 bits per heavy atom. The van der Waals surface area contributed by atoms with Crippen molar-refractivity contribution < 1.29 is 14.0 Å². The zero-order valence-corrected chi connectivity index (χ0v) is 16.9. The molecule has 1 aliphatic carbocycles. The van der Waals surface area contributed by atoms with Gasteiger partial charge in [0.15, 0.2) is 5.78 Å². The van der Waals surface area contributed by atoms with E-state index in [1.54, 1.807) is 12.1 Å². The molecule has 4 rings (SSSR count). The predicted octanol–water partition coefficient (Wildman–Crippen LogP) is 4.35. The van der Waals surface area contributed by atoms with E-state index in [9.17, 15) is 14.0 Å². The average molecular weight is 405 g/mol. The van der Waals surface area contributed by atoms with Crippen LogP contribution in [0.25, 0.3) is 0 Å². The number of nitrogens with one attached hydrogen (secondary N) is 2. The molecule has 0 radical (unpaired) electrons. The molecule has 2 N–H and O–H groups in total. The number of halogens is 1. The third-order valence-electron chi connectivity index (χ3n) is 5.55. The minimum absolute atomic E-state index is 0.144. The molecule has 0 saturated heterocycles. The smallest absolute Gasteiger partial charge is 0.240 e. The Bertz CT molecular complexity index is 1040. The van der Waals surface area contributed by atoms with E-state index in [0.29, 0.717) is 29.8 Å². The van der Waals surface area contributed by atoms with Crippen LogP contribution < -0.4 is 10.7 Å². The van der Waals surface area contributed by atoms with Crippen molar-refractivity contribution in [1.82, 2.24) is 5.43 Å². The van der Waals surface area contributed by atoms with E-state index in [2.05, 4.69) is 15.8 Å². The minimum atomic E-state index is -0.408. The minimum Gasteiger partial charge on any atom is -0.358 e. The van der Waals surface area contributed by atoms with Gasteiger partial charge in [0.05, 0.1) is 5.71 Å². The average Bonchev–Trinajstić information content (AvgIpc) is 2.72. The van der Waals surface area contributed by atoms with Crippen molar-refractivity contribution in [1.29, 1.82) is 0 Å². The van der Waals surface area contributed by atoms with Crippen molar-refractivity contribution in [3.8, 4) is 0 Å². The Labute approximate surface area is 175 Å². The van der Waals surface area contributed by atoms with Crippen LogP contribution in [-0.4, -0.2) is 17.4 Å². The summed E-state index contributed by atoms with van der Waals surface area (Å²) in [5, 5.41) is 7.32. The number of nitrogens with zero attached hydrogens (tertiary/aromatic N) is 1. The SMILES string of the molecule is CC1CC(=O)NN=C1c1ccc(NC2=C(Cc3ccccc3)C(=O)CCC2)cc1F. The highest BCUT2D eigenvalue weighted by Crippen LogP contribution is 2.28. The lowest BCUT2D eigenvalue weighted by Crippen LogP contribution is -2.32. The highest BCUT2D eigenvalue weighted by Gasteiger charge is 2.25. The number of amides is 1. The van der Waals surface area contributed by atoms with Crippen LogP contribution in [-0.2, 0) is 16.0 Å². The maximum Gasteiger partial charge on any atom is 0.240 e. The Kier molecular flexibility index (Phi) is 5.74. The van der Waals surface area contributed by atoms with E-state index >= 15 is 0 Å². The van der Waals surface area contributed by atoms with Crippen LogP contribution >= 0.6 is 0 Å². The second-order valence-corrected chi connectivity index (χ2v) is 7.85. The van der Waals surface area contributed by atoms with Gasteiger partial charge in [0.1, 0.15) is 5.82 Å². The van der Waals surface area contributed by atoms with Crippen molar-refractivity contribution in [3.05, 3.63) is 76.7 Å². The number of carbonyl (C=O) groups is 2. The summed E-state index contributed by atoms with van der Waals surface area (Å²) in [5.74, 6) is -0.576. The van der Waals surface area contributed by atoms with Gasteiger partial charge in [-0.25, -0.2) is 9.82 Å². The first kappa shape index (κ1) is 20.0. The van der Waals surface area contributed by atoms with Gasteiger partial charge in [-0.05, 0) is 36.6 Å². The van der Waals surface area contributed by atoms with Crippen molar-refractivity contribution in [2.75, 3.05) is 5.32 Å². The molecule has 6 heteroatoms. The Balaban J connectivity index is 1.59. The van der Waals surface area contributed by atoms with Crippen LogP contribution in [0.15, 0.2) is 64.9 Å². The number of rotatable bonds is 5. The van der Waals surface area contributed by atoms with Gasteiger partial charge in [-0.15, -0.1) is 0 Å². The molecule has 154 valence electrons. The fourth-order valence-electron chi connectivity index (χ4n) is 3.99. The monoisotopic (exact) mass is 405 g/mol. The zero-order valence-electron chi connectivity index (χ0n) is 16.9. The maximum absolute atomic E-state index is 14.9. The van der Waals surface area contributed by atoms with Gasteiger partial charge in [0.2, 0.25) is 5.91 Å². The number of hydrogen-bond donors (Lipinski definition) is 2. The lowest BCUT2D eigenvalue weighted by Gasteiger charge is -2.22. The Morgan fingerprint density at radius 2 is 1.93 bits per heavy atom. The van der Waals surface area contributed by atoms with Crippen LogP contribution in [0.4, 0.5) is 10.1 Å². The molecular formula is C24H24FN3O2. The summed E-state index contributed by atoms with van der Waals surface area (Å²) in [5.41, 5.74) is 6.65. The number of carbonyl (C=O) groups excluding carboxylic acids is 2. The lowest BCUT2D eigenvalue weighted by molar-refractivity contribution is -0.122. The van der Waals surface area contributed by atoms with Crippen molar-refractivity contribution in [2.24, 2.45) is 11.0 Å². The first-order chi connectivity index (χ1) is 14.5. The van der Waals surface area contributed by atoms with Gasteiger partial charge in [-0.1, -0.05) is 37.3 Å². The van der Waals surface area contributed by atoms with Crippen LogP contribution in [0.5, 0.6) is 0 Å². The molecule has 0 aromatic heterocycles. The van der Waals surface area contributed by atoms with E-state index in [-0.39, 0.29) is 24.0 Å². The summed E-state index contributed by atoms with van der Waals surface area (Å²) in [4.78, 5) is 24.0. The highest BCUT2D eigenvalue weighted by molar-refractivity contribution is 6.06.